The van der Waals surface area contributed by atoms with Gasteiger partial charge in [0.25, 0.3) is 0 Å². The van der Waals surface area contributed by atoms with E-state index in [2.05, 4.69) is 28.3 Å². The second-order valence-corrected chi connectivity index (χ2v) is 5.40. The minimum absolute atomic E-state index is 0.602. The van der Waals surface area contributed by atoms with Crippen molar-refractivity contribution in [2.24, 2.45) is 0 Å². The van der Waals surface area contributed by atoms with Gasteiger partial charge in [0, 0.05) is 17.8 Å². The summed E-state index contributed by atoms with van der Waals surface area (Å²) in [5, 5.41) is 3.52. The van der Waals surface area contributed by atoms with Crippen LogP contribution in [0, 0.1) is 0 Å². The highest BCUT2D eigenvalue weighted by Crippen LogP contribution is 2.20. The maximum absolute atomic E-state index is 4.29. The molecule has 16 heavy (non-hydrogen) atoms. The standard InChI is InChI=1S/C12H19N3S/c1-2-3-11-8-12(14-9-13-11)15-10-4-6-16-7-5-10/h8-10H,2-7H2,1H3,(H,13,14,15). The summed E-state index contributed by atoms with van der Waals surface area (Å²) in [4.78, 5) is 8.55. The fourth-order valence-corrected chi connectivity index (χ4v) is 3.03. The molecular weight excluding hydrogens is 218 g/mol. The maximum atomic E-state index is 4.29. The third kappa shape index (κ3) is 3.37. The van der Waals surface area contributed by atoms with Gasteiger partial charge >= 0.3 is 0 Å². The molecule has 0 atom stereocenters. The molecule has 0 unspecified atom stereocenters. The van der Waals surface area contributed by atoms with Gasteiger partial charge in [-0.15, -0.1) is 0 Å². The Balaban J connectivity index is 1.94. The molecule has 1 N–H and O–H groups in total. The van der Waals surface area contributed by atoms with Gasteiger partial charge in [-0.25, -0.2) is 9.97 Å². The first-order valence-electron chi connectivity index (χ1n) is 6.03. The highest BCUT2D eigenvalue weighted by atomic mass is 32.2. The third-order valence-electron chi connectivity index (χ3n) is 2.80. The smallest absolute Gasteiger partial charge is 0.129 e. The summed E-state index contributed by atoms with van der Waals surface area (Å²) in [6.45, 7) is 2.17. The highest BCUT2D eigenvalue weighted by Gasteiger charge is 2.13. The number of aromatic nitrogens is 2. The Hall–Kier alpha value is -0.770. The van der Waals surface area contributed by atoms with Gasteiger partial charge in [-0.2, -0.15) is 11.8 Å². The summed E-state index contributed by atoms with van der Waals surface area (Å²) in [7, 11) is 0. The molecule has 2 heterocycles. The zero-order valence-electron chi connectivity index (χ0n) is 9.78. The Morgan fingerprint density at radius 2 is 2.19 bits per heavy atom. The van der Waals surface area contributed by atoms with Crippen LogP contribution in [0.5, 0.6) is 0 Å². The van der Waals surface area contributed by atoms with Crippen LogP contribution in [0.2, 0.25) is 0 Å². The fourth-order valence-electron chi connectivity index (χ4n) is 1.92. The molecule has 0 bridgehead atoms. The van der Waals surface area contributed by atoms with Crippen LogP contribution in [0.25, 0.3) is 0 Å². The van der Waals surface area contributed by atoms with Gasteiger partial charge in [0.1, 0.15) is 12.1 Å². The first kappa shape index (κ1) is 11.7. The average molecular weight is 237 g/mol. The Morgan fingerprint density at radius 3 is 2.94 bits per heavy atom. The molecule has 1 aromatic heterocycles. The summed E-state index contributed by atoms with van der Waals surface area (Å²) in [6.07, 6.45) is 6.34. The number of nitrogens with zero attached hydrogens (tertiary/aromatic N) is 2. The van der Waals surface area contributed by atoms with Crippen molar-refractivity contribution in [2.75, 3.05) is 16.8 Å². The molecule has 0 amide bonds. The van der Waals surface area contributed by atoms with Crippen LogP contribution < -0.4 is 5.32 Å². The van der Waals surface area contributed by atoms with Crippen molar-refractivity contribution in [3.05, 3.63) is 18.1 Å². The van der Waals surface area contributed by atoms with E-state index in [9.17, 15) is 0 Å². The molecule has 1 fully saturated rings. The molecule has 1 aliphatic rings. The fraction of sp³-hybridized carbons (Fsp3) is 0.667. The van der Waals surface area contributed by atoms with Crippen molar-refractivity contribution in [1.82, 2.24) is 9.97 Å². The van der Waals surface area contributed by atoms with E-state index in [1.165, 1.54) is 24.3 Å². The number of hydrogen-bond acceptors (Lipinski definition) is 4. The van der Waals surface area contributed by atoms with Crippen LogP contribution in [0.1, 0.15) is 31.9 Å². The number of nitrogens with one attached hydrogen (secondary N) is 1. The van der Waals surface area contributed by atoms with Crippen molar-refractivity contribution in [2.45, 2.75) is 38.6 Å². The van der Waals surface area contributed by atoms with Gasteiger partial charge in [-0.1, -0.05) is 13.3 Å². The zero-order chi connectivity index (χ0) is 11.2. The summed E-state index contributed by atoms with van der Waals surface area (Å²) in [6, 6.07) is 2.69. The molecule has 88 valence electrons. The minimum Gasteiger partial charge on any atom is -0.367 e. The Bertz CT molecular complexity index is 324. The monoisotopic (exact) mass is 237 g/mol. The Labute approximate surface area is 101 Å². The van der Waals surface area contributed by atoms with Crippen molar-refractivity contribution >= 4 is 17.6 Å². The molecule has 1 saturated heterocycles. The lowest BCUT2D eigenvalue weighted by molar-refractivity contribution is 0.663. The molecule has 0 spiro atoms. The summed E-state index contributed by atoms with van der Waals surface area (Å²) in [5.41, 5.74) is 1.14. The SMILES string of the molecule is CCCc1cc(NC2CCSCC2)ncn1. The predicted molar refractivity (Wildman–Crippen MR) is 70.0 cm³/mol. The van der Waals surface area contributed by atoms with Gasteiger partial charge in [-0.05, 0) is 30.8 Å². The Kier molecular flexibility index (Phi) is 4.45. The molecule has 3 nitrogen and oxygen atoms in total. The van der Waals surface area contributed by atoms with E-state index in [4.69, 9.17) is 0 Å². The summed E-state index contributed by atoms with van der Waals surface area (Å²) < 4.78 is 0. The molecule has 0 radical (unpaired) electrons. The number of hydrogen-bond donors (Lipinski definition) is 1. The van der Waals surface area contributed by atoms with E-state index < -0.39 is 0 Å². The third-order valence-corrected chi connectivity index (χ3v) is 3.85. The first-order chi connectivity index (χ1) is 7.88. The molecule has 0 aliphatic carbocycles. The highest BCUT2D eigenvalue weighted by molar-refractivity contribution is 7.99. The van der Waals surface area contributed by atoms with E-state index in [-0.39, 0.29) is 0 Å². The predicted octanol–water partition coefficient (Wildman–Crippen LogP) is 2.74. The minimum atomic E-state index is 0.602. The van der Waals surface area contributed by atoms with Crippen molar-refractivity contribution in [3.63, 3.8) is 0 Å². The number of rotatable bonds is 4. The van der Waals surface area contributed by atoms with Gasteiger partial charge < -0.3 is 5.32 Å². The van der Waals surface area contributed by atoms with Crippen molar-refractivity contribution in [3.8, 4) is 0 Å². The van der Waals surface area contributed by atoms with Crippen LogP contribution in [0.3, 0.4) is 0 Å². The zero-order valence-corrected chi connectivity index (χ0v) is 10.6. The quantitative estimate of drug-likeness (QED) is 0.874. The molecule has 0 aromatic carbocycles. The number of anilines is 1. The molecular formula is C12H19N3S. The van der Waals surface area contributed by atoms with Crippen LogP contribution in [-0.2, 0) is 6.42 Å². The van der Waals surface area contributed by atoms with E-state index in [1.807, 2.05) is 11.8 Å². The molecule has 1 aromatic rings. The number of aryl methyl sites for hydroxylation is 1. The second kappa shape index (κ2) is 6.09. The Morgan fingerprint density at radius 1 is 1.38 bits per heavy atom. The van der Waals surface area contributed by atoms with E-state index in [0.29, 0.717) is 6.04 Å². The second-order valence-electron chi connectivity index (χ2n) is 4.18. The van der Waals surface area contributed by atoms with E-state index in [1.54, 1.807) is 6.33 Å². The summed E-state index contributed by atoms with van der Waals surface area (Å²) >= 11 is 2.05. The van der Waals surface area contributed by atoms with Gasteiger partial charge in [-0.3, -0.25) is 0 Å². The van der Waals surface area contributed by atoms with Crippen LogP contribution in [0.15, 0.2) is 12.4 Å². The summed E-state index contributed by atoms with van der Waals surface area (Å²) in [5.74, 6) is 3.53. The first-order valence-corrected chi connectivity index (χ1v) is 7.19. The van der Waals surface area contributed by atoms with Gasteiger partial charge in [0.15, 0.2) is 0 Å². The maximum Gasteiger partial charge on any atom is 0.129 e. The van der Waals surface area contributed by atoms with E-state index in [0.717, 1.165) is 24.4 Å². The molecule has 1 aliphatic heterocycles. The molecule has 4 heteroatoms. The number of thioether (sulfide) groups is 1. The largest absolute Gasteiger partial charge is 0.367 e. The lowest BCUT2D eigenvalue weighted by Crippen LogP contribution is -2.25. The van der Waals surface area contributed by atoms with Crippen molar-refractivity contribution in [1.29, 1.82) is 0 Å². The molecule has 2 rings (SSSR count). The topological polar surface area (TPSA) is 37.8 Å². The van der Waals surface area contributed by atoms with Crippen molar-refractivity contribution < 1.29 is 0 Å². The van der Waals surface area contributed by atoms with Gasteiger partial charge in [0.2, 0.25) is 0 Å². The van der Waals surface area contributed by atoms with E-state index >= 15 is 0 Å². The van der Waals surface area contributed by atoms with Gasteiger partial charge in [0.05, 0.1) is 0 Å². The normalized spacial score (nSPS) is 17.3. The lowest BCUT2D eigenvalue weighted by atomic mass is 10.1. The van der Waals surface area contributed by atoms with Crippen LogP contribution >= 0.6 is 11.8 Å². The molecule has 0 saturated carbocycles. The van der Waals surface area contributed by atoms with Crippen LogP contribution in [-0.4, -0.2) is 27.5 Å². The average Bonchev–Trinajstić information content (AvgIpc) is 2.31. The lowest BCUT2D eigenvalue weighted by Gasteiger charge is -2.23. The van der Waals surface area contributed by atoms with Crippen LogP contribution in [0.4, 0.5) is 5.82 Å².